The molecule has 0 bridgehead atoms. The van der Waals surface area contributed by atoms with Crippen molar-refractivity contribution in [1.82, 2.24) is 9.55 Å². The number of phosphoric ester groups is 2. The Morgan fingerprint density at radius 2 is 1.57 bits per heavy atom. The van der Waals surface area contributed by atoms with E-state index in [9.17, 15) is 38.4 Å². The third-order valence-corrected chi connectivity index (χ3v) is 8.12. The lowest BCUT2D eigenvalue weighted by Gasteiger charge is -2.22. The predicted octanol–water partition coefficient (Wildman–Crippen LogP) is 1.47. The summed E-state index contributed by atoms with van der Waals surface area (Å²) < 4.78 is 50.1. The molecular weight excluding hydrogens is 574 g/mol. The number of H-pyrrole nitrogens is 1. The van der Waals surface area contributed by atoms with Crippen LogP contribution in [0.3, 0.4) is 0 Å². The molecule has 40 heavy (non-hydrogen) atoms. The van der Waals surface area contributed by atoms with E-state index >= 15 is 0 Å². The summed E-state index contributed by atoms with van der Waals surface area (Å²) in [6.45, 7) is -1.33. The van der Waals surface area contributed by atoms with Gasteiger partial charge in [-0.05, 0) is 17.7 Å². The molecule has 6 atom stereocenters. The number of esters is 1. The molecule has 4 rings (SSSR count). The highest BCUT2D eigenvalue weighted by atomic mass is 31.3. The minimum Gasteiger partial charge on any atom is -0.451 e. The molecule has 1 aliphatic rings. The second-order valence-corrected chi connectivity index (χ2v) is 11.4. The van der Waals surface area contributed by atoms with Gasteiger partial charge in [0, 0.05) is 12.3 Å². The first-order chi connectivity index (χ1) is 18.9. The van der Waals surface area contributed by atoms with Gasteiger partial charge in [-0.25, -0.2) is 18.7 Å². The van der Waals surface area contributed by atoms with Gasteiger partial charge in [0.15, 0.2) is 12.3 Å². The van der Waals surface area contributed by atoms with Crippen LogP contribution in [0.1, 0.15) is 22.1 Å². The number of nitrogens with one attached hydrogen (secondary N) is 1. The number of carbonyl (C=O) groups is 1. The van der Waals surface area contributed by atoms with Crippen LogP contribution in [0.25, 0.3) is 0 Å². The van der Waals surface area contributed by atoms with Crippen molar-refractivity contribution >= 4 is 21.6 Å². The van der Waals surface area contributed by atoms with Gasteiger partial charge < -0.3 is 24.4 Å². The fraction of sp³-hybridized carbons (Fsp3) is 0.261. The van der Waals surface area contributed by atoms with Crippen LogP contribution < -0.4 is 11.2 Å². The van der Waals surface area contributed by atoms with Gasteiger partial charge in [0.25, 0.3) is 5.56 Å². The summed E-state index contributed by atoms with van der Waals surface area (Å²) in [4.78, 5) is 58.4. The number of aromatic nitrogens is 2. The number of hydrogen-bond acceptors (Lipinski definition) is 11. The zero-order valence-electron chi connectivity index (χ0n) is 20.4. The molecule has 0 aliphatic carbocycles. The van der Waals surface area contributed by atoms with Crippen molar-refractivity contribution in [3.63, 3.8) is 0 Å². The molecule has 1 aromatic heterocycles. The van der Waals surface area contributed by atoms with E-state index in [1.807, 2.05) is 4.98 Å². The Hall–Kier alpha value is -3.23. The first kappa shape index (κ1) is 29.7. The number of aliphatic hydroxyl groups excluding tert-OH is 1. The van der Waals surface area contributed by atoms with Crippen molar-refractivity contribution in [2.45, 2.75) is 31.1 Å². The Bertz CT molecular complexity index is 1530. The number of aromatic amines is 1. The summed E-state index contributed by atoms with van der Waals surface area (Å²) in [6.07, 6.45) is -5.26. The number of hydrogen-bond donors (Lipinski definition) is 4. The number of nitrogens with zero attached hydrogens (tertiary/aromatic N) is 1. The fourth-order valence-electron chi connectivity index (χ4n) is 3.68. The quantitative estimate of drug-likeness (QED) is 0.182. The monoisotopic (exact) mass is 598 g/mol. The van der Waals surface area contributed by atoms with E-state index in [0.29, 0.717) is 5.56 Å². The van der Waals surface area contributed by atoms with Gasteiger partial charge in [-0.2, -0.15) is 4.31 Å². The molecular formula is C23H24N2O13P2. The Kier molecular flexibility index (Phi) is 9.31. The average Bonchev–Trinajstić information content (AvgIpc) is 3.21. The average molecular weight is 598 g/mol. The molecule has 0 radical (unpaired) electrons. The molecule has 2 heterocycles. The van der Waals surface area contributed by atoms with Crippen LogP contribution in [-0.4, -0.2) is 55.3 Å². The number of aliphatic hydroxyl groups is 1. The topological polar surface area (TPSA) is 213 Å². The maximum atomic E-state index is 12.7. The normalized spacial score (nSPS) is 23.7. The third-order valence-electron chi connectivity index (χ3n) is 5.54. The van der Waals surface area contributed by atoms with E-state index in [2.05, 4.69) is 4.31 Å². The van der Waals surface area contributed by atoms with Gasteiger partial charge in [0.1, 0.15) is 12.2 Å². The van der Waals surface area contributed by atoms with Crippen molar-refractivity contribution in [2.24, 2.45) is 0 Å². The summed E-state index contributed by atoms with van der Waals surface area (Å²) in [7, 11) is -10.4. The van der Waals surface area contributed by atoms with Crippen molar-refractivity contribution in [3.8, 4) is 0 Å². The van der Waals surface area contributed by atoms with E-state index in [1.165, 1.54) is 12.1 Å². The molecule has 3 aromatic rings. The lowest BCUT2D eigenvalue weighted by Crippen LogP contribution is -2.40. The smallest absolute Gasteiger partial charge is 0.451 e. The number of rotatable bonds is 11. The Balaban J connectivity index is 1.46. The Morgan fingerprint density at radius 3 is 2.23 bits per heavy atom. The van der Waals surface area contributed by atoms with E-state index < -0.39 is 70.6 Å². The SMILES string of the molecule is O=C(OC1C(O)C(COP(=O)(O)OP(=O)(O)OCc2ccccc2)OC1n1ccc(=O)[nH]c1=O)c1ccccc1. The molecule has 1 fully saturated rings. The lowest BCUT2D eigenvalue weighted by molar-refractivity contribution is -0.0597. The molecule has 1 aliphatic heterocycles. The van der Waals surface area contributed by atoms with Gasteiger partial charge in [-0.15, -0.1) is 0 Å². The molecule has 0 amide bonds. The van der Waals surface area contributed by atoms with Crippen LogP contribution in [0, 0.1) is 0 Å². The predicted molar refractivity (Wildman–Crippen MR) is 135 cm³/mol. The third kappa shape index (κ3) is 7.70. The van der Waals surface area contributed by atoms with Gasteiger partial charge in [0.2, 0.25) is 0 Å². The first-order valence-electron chi connectivity index (χ1n) is 11.5. The highest BCUT2D eigenvalue weighted by Crippen LogP contribution is 2.60. The minimum atomic E-state index is -5.27. The van der Waals surface area contributed by atoms with Gasteiger partial charge in [-0.3, -0.25) is 23.4 Å². The summed E-state index contributed by atoms with van der Waals surface area (Å²) in [5.74, 6) is -0.884. The van der Waals surface area contributed by atoms with Crippen LogP contribution in [0.15, 0.2) is 82.5 Å². The standard InChI is InChI=1S/C23H24N2O13P2/c26-18-11-12-25(23(29)24-18)21-20(37-22(28)16-9-5-2-6-10-16)19(27)17(36-21)14-35-40(32,33)38-39(30,31)34-13-15-7-3-1-4-8-15/h1-12,17,19-21,27H,13-14H2,(H,30,31)(H,32,33)(H,24,26,29). The largest absolute Gasteiger partial charge is 0.481 e. The fourth-order valence-corrected chi connectivity index (χ4v) is 5.74. The molecule has 4 N–H and O–H groups in total. The number of ether oxygens (including phenoxy) is 2. The van der Waals surface area contributed by atoms with Crippen LogP contribution in [-0.2, 0) is 38.6 Å². The maximum absolute atomic E-state index is 12.7. The van der Waals surface area contributed by atoms with Crippen LogP contribution in [0.5, 0.6) is 0 Å². The molecule has 17 heteroatoms. The maximum Gasteiger partial charge on any atom is 0.481 e. The molecule has 6 unspecified atom stereocenters. The van der Waals surface area contributed by atoms with E-state index in [1.54, 1.807) is 48.5 Å². The highest BCUT2D eigenvalue weighted by molar-refractivity contribution is 7.61. The van der Waals surface area contributed by atoms with Gasteiger partial charge in [0.05, 0.1) is 18.8 Å². The summed E-state index contributed by atoms with van der Waals surface area (Å²) in [6, 6.07) is 16.8. The summed E-state index contributed by atoms with van der Waals surface area (Å²) >= 11 is 0. The number of carbonyl (C=O) groups excluding carboxylic acids is 1. The van der Waals surface area contributed by atoms with Gasteiger partial charge in [-0.1, -0.05) is 48.5 Å². The first-order valence-corrected chi connectivity index (χ1v) is 14.5. The minimum absolute atomic E-state index is 0.115. The van der Waals surface area contributed by atoms with Gasteiger partial charge >= 0.3 is 27.3 Å². The molecule has 214 valence electrons. The Labute approximate surface area is 225 Å². The van der Waals surface area contributed by atoms with Crippen LogP contribution in [0.2, 0.25) is 0 Å². The van der Waals surface area contributed by atoms with E-state index in [-0.39, 0.29) is 5.56 Å². The highest BCUT2D eigenvalue weighted by Gasteiger charge is 2.49. The molecule has 1 saturated heterocycles. The van der Waals surface area contributed by atoms with Crippen molar-refractivity contribution in [1.29, 1.82) is 0 Å². The van der Waals surface area contributed by atoms with Crippen LogP contribution in [0.4, 0.5) is 0 Å². The number of phosphoric acid groups is 2. The molecule has 2 aromatic carbocycles. The second kappa shape index (κ2) is 12.5. The molecule has 0 spiro atoms. The molecule has 0 saturated carbocycles. The Morgan fingerprint density at radius 1 is 0.950 bits per heavy atom. The summed E-state index contributed by atoms with van der Waals surface area (Å²) in [5.41, 5.74) is -1.08. The number of benzene rings is 2. The van der Waals surface area contributed by atoms with E-state index in [4.69, 9.17) is 18.5 Å². The lowest BCUT2D eigenvalue weighted by atomic mass is 10.1. The zero-order valence-corrected chi connectivity index (χ0v) is 22.2. The molecule has 15 nitrogen and oxygen atoms in total. The van der Waals surface area contributed by atoms with Crippen molar-refractivity contribution in [3.05, 3.63) is 105 Å². The summed E-state index contributed by atoms with van der Waals surface area (Å²) in [5, 5.41) is 10.9. The second-order valence-electron chi connectivity index (χ2n) is 8.38. The van der Waals surface area contributed by atoms with Crippen molar-refractivity contribution in [2.75, 3.05) is 6.61 Å². The van der Waals surface area contributed by atoms with E-state index in [0.717, 1.165) is 16.8 Å². The van der Waals surface area contributed by atoms with Crippen LogP contribution >= 0.6 is 15.6 Å². The zero-order chi connectivity index (χ0) is 28.9. The van der Waals surface area contributed by atoms with Crippen molar-refractivity contribution < 1.29 is 51.6 Å².